The first-order chi connectivity index (χ1) is 35.3. The van der Waals surface area contributed by atoms with Gasteiger partial charge in [0.05, 0.1) is 32.9 Å². The highest BCUT2D eigenvalue weighted by molar-refractivity contribution is 7.20. The maximum atomic E-state index is 2.49. The number of hydrogen-bond acceptors (Lipinski definition) is 4. The van der Waals surface area contributed by atoms with Crippen molar-refractivity contribution in [1.29, 1.82) is 0 Å². The smallest absolute Gasteiger partial charge is 0.0755 e. The Morgan fingerprint density at radius 3 is 1.66 bits per heavy atom. The lowest BCUT2D eigenvalue weighted by Crippen LogP contribution is -2.36. The zero-order chi connectivity index (χ0) is 46.9. The van der Waals surface area contributed by atoms with E-state index in [0.717, 1.165) is 52.5 Å². The third-order valence-electron chi connectivity index (χ3n) is 14.9. The Morgan fingerprint density at radius 1 is 0.437 bits per heavy atom. The van der Waals surface area contributed by atoms with Gasteiger partial charge in [-0.3, -0.25) is 0 Å². The average molecular weight is 926 g/mol. The standard InChI is InChI=1S/C67H47N3S/c1-5-24-47(25-6-1)68(51-32-21-23-46(45-51)52-43-44-54-53-33-14-20-42-63(53)71-66(54)65(52)69(48-26-7-2-8-27-48)49-28-9-3-10-29-49)62-41-22-38-59-64(62)55-34-13-15-35-56(55)67(59)57-36-16-18-39-60(57)70(50-30-11-4-12-31-50)61-40-19-17-37-58(61)67/h1-19,21-41,43-45H,20,42H2. The summed E-state index contributed by atoms with van der Waals surface area (Å²) in [6.45, 7) is 0. The van der Waals surface area contributed by atoms with Gasteiger partial charge in [0.25, 0.3) is 0 Å². The van der Waals surface area contributed by atoms with Crippen LogP contribution in [0.3, 0.4) is 0 Å². The lowest BCUT2D eigenvalue weighted by atomic mass is 9.64. The monoisotopic (exact) mass is 925 g/mol. The largest absolute Gasteiger partial charge is 0.310 e. The number of thiophene rings is 1. The molecule has 0 atom stereocenters. The van der Waals surface area contributed by atoms with Gasteiger partial charge in [-0.25, -0.2) is 0 Å². The van der Waals surface area contributed by atoms with Gasteiger partial charge in [-0.2, -0.15) is 0 Å². The molecule has 3 nitrogen and oxygen atoms in total. The predicted octanol–water partition coefficient (Wildman–Crippen LogP) is 18.6. The van der Waals surface area contributed by atoms with E-state index in [1.54, 1.807) is 0 Å². The molecule has 4 heteroatoms. The Kier molecular flexibility index (Phi) is 9.75. The van der Waals surface area contributed by atoms with E-state index in [9.17, 15) is 0 Å². The number of rotatable bonds is 8. The summed E-state index contributed by atoms with van der Waals surface area (Å²) in [6.07, 6.45) is 6.81. The molecule has 0 amide bonds. The average Bonchev–Trinajstić information content (AvgIpc) is 3.97. The zero-order valence-electron chi connectivity index (χ0n) is 39.0. The van der Waals surface area contributed by atoms with Gasteiger partial charge in [-0.1, -0.05) is 182 Å². The number of benzene rings is 10. The van der Waals surface area contributed by atoms with Crippen LogP contribution in [-0.4, -0.2) is 0 Å². The van der Waals surface area contributed by atoms with Crippen LogP contribution >= 0.6 is 11.3 Å². The number of aryl methyl sites for hydroxylation is 1. The summed E-state index contributed by atoms with van der Waals surface area (Å²) in [7, 11) is 0. The van der Waals surface area contributed by atoms with Crippen molar-refractivity contribution in [2.45, 2.75) is 18.3 Å². The van der Waals surface area contributed by atoms with Gasteiger partial charge in [-0.05, 0) is 131 Å². The minimum Gasteiger partial charge on any atom is -0.310 e. The Morgan fingerprint density at radius 2 is 0.986 bits per heavy atom. The molecule has 0 saturated carbocycles. The van der Waals surface area contributed by atoms with E-state index >= 15 is 0 Å². The molecule has 0 bridgehead atoms. The normalized spacial score (nSPS) is 13.5. The van der Waals surface area contributed by atoms with Gasteiger partial charge in [0.15, 0.2) is 0 Å². The summed E-state index contributed by atoms with van der Waals surface area (Å²) >= 11 is 1.96. The zero-order valence-corrected chi connectivity index (χ0v) is 39.8. The highest BCUT2D eigenvalue weighted by atomic mass is 32.1. The maximum Gasteiger partial charge on any atom is 0.0755 e. The Bertz CT molecular complexity index is 3750. The van der Waals surface area contributed by atoms with Crippen molar-refractivity contribution in [2.75, 3.05) is 14.7 Å². The van der Waals surface area contributed by atoms with Crippen molar-refractivity contribution in [3.63, 3.8) is 0 Å². The molecular formula is C67H47N3S. The molecule has 10 aromatic carbocycles. The lowest BCUT2D eigenvalue weighted by molar-refractivity contribution is 0.752. The van der Waals surface area contributed by atoms with Crippen LogP contribution in [0.15, 0.2) is 255 Å². The number of para-hydroxylation sites is 6. The second-order valence-electron chi connectivity index (χ2n) is 18.6. The van der Waals surface area contributed by atoms with E-state index in [2.05, 4.69) is 276 Å². The first-order valence-corrected chi connectivity index (χ1v) is 25.5. The molecule has 0 saturated heterocycles. The molecule has 1 aromatic heterocycles. The van der Waals surface area contributed by atoms with Crippen LogP contribution in [-0.2, 0) is 11.8 Å². The summed E-state index contributed by atoms with van der Waals surface area (Å²) in [6, 6.07) is 91.8. The molecular weight excluding hydrogens is 879 g/mol. The molecule has 71 heavy (non-hydrogen) atoms. The van der Waals surface area contributed by atoms with Crippen molar-refractivity contribution < 1.29 is 0 Å². The molecule has 11 aromatic rings. The second kappa shape index (κ2) is 16.8. The molecule has 0 fully saturated rings. The van der Waals surface area contributed by atoms with Crippen LogP contribution in [0.25, 0.3) is 38.4 Å². The lowest BCUT2D eigenvalue weighted by Gasteiger charge is -2.45. The third kappa shape index (κ3) is 6.35. The van der Waals surface area contributed by atoms with Gasteiger partial charge in [-0.15, -0.1) is 11.3 Å². The summed E-state index contributed by atoms with van der Waals surface area (Å²) in [5.74, 6) is 0. The van der Waals surface area contributed by atoms with Gasteiger partial charge < -0.3 is 14.7 Å². The predicted molar refractivity (Wildman–Crippen MR) is 300 cm³/mol. The molecule has 14 rings (SSSR count). The van der Waals surface area contributed by atoms with Gasteiger partial charge in [0.2, 0.25) is 0 Å². The topological polar surface area (TPSA) is 9.72 Å². The highest BCUT2D eigenvalue weighted by Gasteiger charge is 2.52. The molecule has 2 heterocycles. The van der Waals surface area contributed by atoms with Crippen LogP contribution in [0.4, 0.5) is 51.2 Å². The Labute approximate surface area is 419 Å². The van der Waals surface area contributed by atoms with Crippen LogP contribution in [0, 0.1) is 0 Å². The molecule has 1 aliphatic heterocycles. The SMILES string of the molecule is C1=Cc2c(sc3c(N(c4ccccc4)c4ccccc4)c(-c4cccc(N(c5ccccc5)c5cccc6c5-c5ccccc5C65c6ccccc6N(c6ccccc6)c6ccccc65)c4)ccc23)CC1. The minimum atomic E-state index is -0.581. The van der Waals surface area contributed by atoms with Gasteiger partial charge in [0.1, 0.15) is 0 Å². The summed E-state index contributed by atoms with van der Waals surface area (Å²) in [5, 5.41) is 1.31. The molecule has 3 aliphatic rings. The summed E-state index contributed by atoms with van der Waals surface area (Å²) < 4.78 is 1.30. The van der Waals surface area contributed by atoms with Crippen molar-refractivity contribution in [3.05, 3.63) is 287 Å². The van der Waals surface area contributed by atoms with Crippen LogP contribution in [0.1, 0.15) is 39.1 Å². The van der Waals surface area contributed by atoms with Crippen molar-refractivity contribution in [1.82, 2.24) is 0 Å². The third-order valence-corrected chi connectivity index (χ3v) is 16.1. The van der Waals surface area contributed by atoms with E-state index in [-0.39, 0.29) is 0 Å². The Balaban J connectivity index is 1.01. The molecule has 336 valence electrons. The van der Waals surface area contributed by atoms with E-state index in [1.807, 2.05) is 11.3 Å². The van der Waals surface area contributed by atoms with Crippen LogP contribution < -0.4 is 14.7 Å². The molecule has 2 aliphatic carbocycles. The van der Waals surface area contributed by atoms with E-state index in [4.69, 9.17) is 0 Å². The van der Waals surface area contributed by atoms with Gasteiger partial charge in [0, 0.05) is 49.8 Å². The first kappa shape index (κ1) is 41.3. The number of allylic oxidation sites excluding steroid dienone is 1. The van der Waals surface area contributed by atoms with E-state index in [0.29, 0.717) is 0 Å². The molecule has 0 radical (unpaired) electrons. The van der Waals surface area contributed by atoms with Crippen molar-refractivity contribution >= 4 is 78.7 Å². The fourth-order valence-corrected chi connectivity index (χ4v) is 13.3. The second-order valence-corrected chi connectivity index (χ2v) is 19.8. The van der Waals surface area contributed by atoms with Crippen molar-refractivity contribution in [2.24, 2.45) is 0 Å². The van der Waals surface area contributed by atoms with E-state index < -0.39 is 5.41 Å². The minimum absolute atomic E-state index is 0.581. The summed E-state index contributed by atoms with van der Waals surface area (Å²) in [5.41, 5.74) is 21.0. The molecule has 1 spiro atoms. The van der Waals surface area contributed by atoms with Crippen molar-refractivity contribution in [3.8, 4) is 22.3 Å². The van der Waals surface area contributed by atoms with Crippen LogP contribution in [0.5, 0.6) is 0 Å². The fraction of sp³-hybridized carbons (Fsp3) is 0.0448. The van der Waals surface area contributed by atoms with Crippen LogP contribution in [0.2, 0.25) is 0 Å². The maximum absolute atomic E-state index is 2.49. The number of anilines is 9. The Hall–Kier alpha value is -8.70. The highest BCUT2D eigenvalue weighted by Crippen LogP contribution is 2.65. The van der Waals surface area contributed by atoms with Gasteiger partial charge >= 0.3 is 0 Å². The molecule has 0 N–H and O–H groups in total. The first-order valence-electron chi connectivity index (χ1n) is 24.7. The molecule has 0 unspecified atom stereocenters. The van der Waals surface area contributed by atoms with E-state index in [1.165, 1.54) is 76.5 Å². The fourth-order valence-electron chi connectivity index (χ4n) is 12.0. The number of nitrogens with zero attached hydrogens (tertiary/aromatic N) is 3. The summed E-state index contributed by atoms with van der Waals surface area (Å²) in [4.78, 5) is 8.88. The number of fused-ring (bicyclic) bond motifs is 12. The quantitative estimate of drug-likeness (QED) is 0.150. The number of hydrogen-bond donors (Lipinski definition) is 0.